The summed E-state index contributed by atoms with van der Waals surface area (Å²) in [5.74, 6) is 1.47. The molecular weight excluding hydrogens is 347 g/mol. The molecule has 2 aliphatic heterocycles. The Morgan fingerprint density at radius 3 is 2.83 bits per heavy atom. The van der Waals surface area contributed by atoms with Crippen molar-refractivity contribution in [3.8, 4) is 11.5 Å². The van der Waals surface area contributed by atoms with Crippen LogP contribution in [0.15, 0.2) is 36.4 Å². The van der Waals surface area contributed by atoms with E-state index in [1.54, 1.807) is 6.07 Å². The Morgan fingerprint density at radius 1 is 1.17 bits per heavy atom. The number of fused-ring (bicyclic) bond motifs is 5. The maximum Gasteiger partial charge on any atom is 0.207 e. The Bertz CT molecular complexity index is 797. The number of anilines is 1. The maximum absolute atomic E-state index is 11.1. The summed E-state index contributed by atoms with van der Waals surface area (Å²) in [7, 11) is 0. The van der Waals surface area contributed by atoms with Gasteiger partial charge in [0.05, 0.1) is 22.1 Å². The highest BCUT2D eigenvalue weighted by Crippen LogP contribution is 2.51. The summed E-state index contributed by atoms with van der Waals surface area (Å²) in [5.41, 5.74) is 1.84. The normalized spacial score (nSPS) is 21.7. The minimum atomic E-state index is -0.0441. The van der Waals surface area contributed by atoms with E-state index in [4.69, 9.17) is 27.9 Å². The monoisotopic (exact) mass is 362 g/mol. The van der Waals surface area contributed by atoms with Crippen LogP contribution in [0.5, 0.6) is 11.5 Å². The van der Waals surface area contributed by atoms with Crippen LogP contribution >= 0.6 is 23.2 Å². The number of ether oxygens (including phenoxy) is 1. The summed E-state index contributed by atoms with van der Waals surface area (Å²) >= 11 is 12.8. The number of benzene rings is 2. The summed E-state index contributed by atoms with van der Waals surface area (Å²) in [6.45, 7) is 0.826. The molecule has 124 valence electrons. The zero-order valence-corrected chi connectivity index (χ0v) is 14.3. The molecule has 2 heterocycles. The number of hydrogen-bond acceptors (Lipinski definition) is 3. The number of carbonyl (C=O) groups is 1. The van der Waals surface area contributed by atoms with Gasteiger partial charge in [-0.15, -0.1) is 0 Å². The predicted molar refractivity (Wildman–Crippen MR) is 95.3 cm³/mol. The van der Waals surface area contributed by atoms with Gasteiger partial charge < -0.3 is 15.0 Å². The van der Waals surface area contributed by atoms with E-state index in [-0.39, 0.29) is 12.1 Å². The topological polar surface area (TPSA) is 41.6 Å². The molecule has 1 N–H and O–H groups in total. The van der Waals surface area contributed by atoms with Crippen molar-refractivity contribution in [1.29, 1.82) is 0 Å². The zero-order chi connectivity index (χ0) is 16.7. The molecule has 4 rings (SSSR count). The van der Waals surface area contributed by atoms with Gasteiger partial charge in [-0.1, -0.05) is 41.4 Å². The average Bonchev–Trinajstić information content (AvgIpc) is 2.74. The molecule has 2 atom stereocenters. The van der Waals surface area contributed by atoms with Gasteiger partial charge in [-0.25, -0.2) is 0 Å². The molecule has 0 aliphatic carbocycles. The van der Waals surface area contributed by atoms with E-state index in [0.717, 1.165) is 42.8 Å². The first-order chi connectivity index (χ1) is 11.7. The first kappa shape index (κ1) is 15.6. The quantitative estimate of drug-likeness (QED) is 0.796. The molecular formula is C18H16Cl2N2O2. The van der Waals surface area contributed by atoms with E-state index >= 15 is 0 Å². The molecule has 1 saturated heterocycles. The molecule has 24 heavy (non-hydrogen) atoms. The van der Waals surface area contributed by atoms with Gasteiger partial charge >= 0.3 is 0 Å². The number of carbonyl (C=O) groups excluding carboxylic acids is 1. The number of nitrogens with one attached hydrogen (secondary N) is 1. The van der Waals surface area contributed by atoms with Crippen LogP contribution in [0.25, 0.3) is 0 Å². The third kappa shape index (κ3) is 2.41. The highest BCUT2D eigenvalue weighted by Gasteiger charge is 2.39. The molecule has 2 aromatic rings. The van der Waals surface area contributed by atoms with Gasteiger partial charge in [-0.2, -0.15) is 0 Å². The summed E-state index contributed by atoms with van der Waals surface area (Å²) in [6, 6.07) is 11.4. The van der Waals surface area contributed by atoms with Crippen LogP contribution in [0.1, 0.15) is 24.4 Å². The fourth-order valence-corrected chi connectivity index (χ4v) is 4.12. The number of hydrogen-bond donors (Lipinski definition) is 1. The van der Waals surface area contributed by atoms with Crippen molar-refractivity contribution in [2.75, 3.05) is 11.4 Å². The Morgan fingerprint density at radius 2 is 2.00 bits per heavy atom. The highest BCUT2D eigenvalue weighted by molar-refractivity contribution is 6.44. The summed E-state index contributed by atoms with van der Waals surface area (Å²) < 4.78 is 6.16. The molecule has 0 bridgehead atoms. The molecule has 0 radical (unpaired) electrons. The fourth-order valence-electron chi connectivity index (χ4n) is 3.70. The second-order valence-electron chi connectivity index (χ2n) is 6.02. The van der Waals surface area contributed by atoms with Gasteiger partial charge in [0.25, 0.3) is 0 Å². The van der Waals surface area contributed by atoms with Crippen molar-refractivity contribution in [3.05, 3.63) is 52.0 Å². The zero-order valence-electron chi connectivity index (χ0n) is 12.8. The Balaban J connectivity index is 1.95. The van der Waals surface area contributed by atoms with Gasteiger partial charge in [0.2, 0.25) is 6.41 Å². The number of piperidine rings is 1. The Hall–Kier alpha value is -1.91. The number of halogens is 2. The summed E-state index contributed by atoms with van der Waals surface area (Å²) in [5, 5.41) is 3.94. The van der Waals surface area contributed by atoms with Crippen LogP contribution in [0.3, 0.4) is 0 Å². The van der Waals surface area contributed by atoms with Crippen LogP contribution < -0.4 is 15.0 Å². The van der Waals surface area contributed by atoms with Crippen LogP contribution in [0, 0.1) is 0 Å². The number of amides is 1. The van der Waals surface area contributed by atoms with Crippen molar-refractivity contribution >= 4 is 35.3 Å². The smallest absolute Gasteiger partial charge is 0.207 e. The SMILES string of the molecule is O=CN[C@H]1CCCN2c3c(ccc(Cl)c3Cl)Oc3ccccc3[C@H]12. The van der Waals surface area contributed by atoms with Crippen molar-refractivity contribution in [3.63, 3.8) is 0 Å². The molecule has 0 unspecified atom stereocenters. The first-order valence-corrected chi connectivity index (χ1v) is 8.67. The lowest BCUT2D eigenvalue weighted by Crippen LogP contribution is -2.48. The molecule has 2 aromatic carbocycles. The van der Waals surface area contributed by atoms with E-state index in [0.29, 0.717) is 15.8 Å². The van der Waals surface area contributed by atoms with Gasteiger partial charge in [-0.3, -0.25) is 4.79 Å². The summed E-state index contributed by atoms with van der Waals surface area (Å²) in [6.07, 6.45) is 2.62. The predicted octanol–water partition coefficient (Wildman–Crippen LogP) is 4.56. The van der Waals surface area contributed by atoms with E-state index in [2.05, 4.69) is 10.2 Å². The van der Waals surface area contributed by atoms with Gasteiger partial charge in [0.1, 0.15) is 11.4 Å². The van der Waals surface area contributed by atoms with E-state index in [1.165, 1.54) is 0 Å². The minimum Gasteiger partial charge on any atom is -0.455 e. The molecule has 2 aliphatic rings. The molecule has 1 amide bonds. The van der Waals surface area contributed by atoms with Crippen molar-refractivity contribution < 1.29 is 9.53 Å². The lowest BCUT2D eigenvalue weighted by molar-refractivity contribution is -0.110. The highest BCUT2D eigenvalue weighted by atomic mass is 35.5. The largest absolute Gasteiger partial charge is 0.455 e. The average molecular weight is 363 g/mol. The second kappa shape index (κ2) is 6.19. The standard InChI is InChI=1S/C18H16Cl2N2O2/c19-12-7-8-15-18(16(12)20)22-9-3-5-13(21-10-23)17(22)11-4-1-2-6-14(11)24-15/h1-2,4,6-8,10,13,17H,3,5,9H2,(H,21,23)/t13-,17+/m0/s1. The molecule has 1 fully saturated rings. The molecule has 4 nitrogen and oxygen atoms in total. The van der Waals surface area contributed by atoms with Gasteiger partial charge in [0, 0.05) is 12.1 Å². The van der Waals surface area contributed by atoms with Gasteiger partial charge in [0.15, 0.2) is 5.75 Å². The number of rotatable bonds is 2. The molecule has 0 spiro atoms. The molecule has 0 saturated carbocycles. The Kier molecular flexibility index (Phi) is 4.02. The first-order valence-electron chi connectivity index (χ1n) is 7.92. The third-order valence-corrected chi connectivity index (χ3v) is 5.48. The summed E-state index contributed by atoms with van der Waals surface area (Å²) in [4.78, 5) is 13.3. The van der Waals surface area contributed by atoms with Crippen LogP contribution in [-0.2, 0) is 4.79 Å². The number of para-hydroxylation sites is 1. The minimum absolute atomic E-state index is 0.0120. The van der Waals surface area contributed by atoms with Gasteiger partial charge in [-0.05, 0) is 31.0 Å². The van der Waals surface area contributed by atoms with Crippen molar-refractivity contribution in [2.24, 2.45) is 0 Å². The van der Waals surface area contributed by atoms with Crippen LogP contribution in [0.4, 0.5) is 5.69 Å². The fraction of sp³-hybridized carbons (Fsp3) is 0.278. The Labute approximate surface area is 150 Å². The van der Waals surface area contributed by atoms with E-state index in [9.17, 15) is 4.79 Å². The number of nitrogens with zero attached hydrogens (tertiary/aromatic N) is 1. The third-order valence-electron chi connectivity index (χ3n) is 4.69. The second-order valence-corrected chi connectivity index (χ2v) is 6.80. The maximum atomic E-state index is 11.1. The molecule has 0 aromatic heterocycles. The van der Waals surface area contributed by atoms with Crippen LogP contribution in [0.2, 0.25) is 10.0 Å². The lowest BCUT2D eigenvalue weighted by atomic mass is 9.89. The van der Waals surface area contributed by atoms with Crippen molar-refractivity contribution in [2.45, 2.75) is 24.9 Å². The van der Waals surface area contributed by atoms with Crippen LogP contribution in [-0.4, -0.2) is 19.0 Å². The van der Waals surface area contributed by atoms with E-state index < -0.39 is 0 Å². The van der Waals surface area contributed by atoms with E-state index in [1.807, 2.05) is 30.3 Å². The molecule has 6 heteroatoms. The lowest BCUT2D eigenvalue weighted by Gasteiger charge is -2.42. The van der Waals surface area contributed by atoms with Crippen molar-refractivity contribution in [1.82, 2.24) is 5.32 Å².